The predicted octanol–water partition coefficient (Wildman–Crippen LogP) is 14.5. The molecule has 12 nitrogen and oxygen atoms in total. The zero-order chi connectivity index (χ0) is 51.0. The van der Waals surface area contributed by atoms with Crippen molar-refractivity contribution in [3.05, 3.63) is 12.2 Å². The molecule has 1 heterocycles. The van der Waals surface area contributed by atoms with E-state index in [2.05, 4.69) is 30.2 Å². The zero-order valence-corrected chi connectivity index (χ0v) is 45.9. The highest BCUT2D eigenvalue weighted by Crippen LogP contribution is 2.26. The second kappa shape index (κ2) is 48.8. The van der Waals surface area contributed by atoms with Gasteiger partial charge in [0.25, 0.3) is 0 Å². The van der Waals surface area contributed by atoms with Crippen molar-refractivity contribution in [3.8, 4) is 0 Å². The number of aliphatic hydroxyl groups excluding tert-OH is 3. The van der Waals surface area contributed by atoms with Crippen molar-refractivity contribution in [2.45, 2.75) is 320 Å². The number of aliphatic hydroxyl groups is 3. The molecular weight excluding hydrogens is 909 g/mol. The first-order valence-electron chi connectivity index (χ1n) is 29.4. The van der Waals surface area contributed by atoms with Gasteiger partial charge in [-0.15, -0.1) is 0 Å². The highest BCUT2D eigenvalue weighted by atomic mass is 32.3. The SMILES string of the molecule is CCCCCCCC/C=C\CCCCCCCCCCCCOCC(COC1OC(CO)C(O)C(OS(=O)(=O)O)C1O)OC(=O)CCCCCCCCCCCCCCCCCCCCCCCCC. The van der Waals surface area contributed by atoms with Crippen LogP contribution in [0.15, 0.2) is 12.2 Å². The van der Waals surface area contributed by atoms with Crippen molar-refractivity contribution in [1.29, 1.82) is 0 Å². The lowest BCUT2D eigenvalue weighted by Gasteiger charge is -2.41. The maximum Gasteiger partial charge on any atom is 0.397 e. The van der Waals surface area contributed by atoms with E-state index in [1.807, 2.05) is 0 Å². The molecule has 0 aromatic carbocycles. The minimum absolute atomic E-state index is 0.0415. The summed E-state index contributed by atoms with van der Waals surface area (Å²) in [5, 5.41) is 30.8. The van der Waals surface area contributed by atoms with Gasteiger partial charge in [-0.05, 0) is 38.5 Å². The summed E-state index contributed by atoms with van der Waals surface area (Å²) in [5.74, 6) is -0.391. The fourth-order valence-corrected chi connectivity index (χ4v) is 9.94. The monoisotopic (exact) mass is 1020 g/mol. The third-order valence-corrected chi connectivity index (χ3v) is 14.4. The summed E-state index contributed by atoms with van der Waals surface area (Å²) in [6.07, 6.45) is 48.2. The number of unbranched alkanes of at least 4 members (excludes halogenated alkanes) is 38. The molecule has 0 radical (unpaired) electrons. The average molecular weight is 1020 g/mol. The molecule has 6 unspecified atom stereocenters. The van der Waals surface area contributed by atoms with Crippen LogP contribution in [-0.4, -0.2) is 97.5 Å². The predicted molar refractivity (Wildman–Crippen MR) is 285 cm³/mol. The van der Waals surface area contributed by atoms with E-state index in [-0.39, 0.29) is 19.6 Å². The van der Waals surface area contributed by atoms with Crippen LogP contribution in [0.3, 0.4) is 0 Å². The lowest BCUT2D eigenvalue weighted by atomic mass is 9.99. The lowest BCUT2D eigenvalue weighted by molar-refractivity contribution is -0.301. The van der Waals surface area contributed by atoms with E-state index < -0.39 is 59.8 Å². The van der Waals surface area contributed by atoms with E-state index in [1.165, 1.54) is 218 Å². The van der Waals surface area contributed by atoms with Gasteiger partial charge in [-0.3, -0.25) is 9.35 Å². The quantitative estimate of drug-likeness (QED) is 0.0196. The average Bonchev–Trinajstić information content (AvgIpc) is 3.34. The number of hydrogen-bond acceptors (Lipinski definition) is 11. The smallest absolute Gasteiger partial charge is 0.397 e. The Labute approximate surface area is 429 Å². The summed E-state index contributed by atoms with van der Waals surface area (Å²) in [5.41, 5.74) is 0. The molecule has 1 rings (SSSR count). The summed E-state index contributed by atoms with van der Waals surface area (Å²) >= 11 is 0. The van der Waals surface area contributed by atoms with Gasteiger partial charge in [0, 0.05) is 13.0 Å². The molecule has 0 aliphatic carbocycles. The topological polar surface area (TPSA) is 178 Å². The summed E-state index contributed by atoms with van der Waals surface area (Å²) in [7, 11) is -5.06. The third-order valence-electron chi connectivity index (χ3n) is 13.9. The lowest BCUT2D eigenvalue weighted by Crippen LogP contribution is -2.60. The summed E-state index contributed by atoms with van der Waals surface area (Å²) < 4.78 is 59.5. The van der Waals surface area contributed by atoms with E-state index in [0.29, 0.717) is 13.0 Å². The normalized spacial score (nSPS) is 19.1. The van der Waals surface area contributed by atoms with E-state index in [0.717, 1.165) is 38.5 Å². The molecule has 1 aliphatic rings. The number of carbonyl (C=O) groups excluding carboxylic acids is 1. The highest BCUT2D eigenvalue weighted by molar-refractivity contribution is 7.80. The van der Waals surface area contributed by atoms with Gasteiger partial charge in [0.2, 0.25) is 0 Å². The van der Waals surface area contributed by atoms with Gasteiger partial charge in [0.15, 0.2) is 6.29 Å². The molecule has 0 saturated carbocycles. The van der Waals surface area contributed by atoms with Crippen molar-refractivity contribution in [1.82, 2.24) is 0 Å². The molecular formula is C57H110O12S. The van der Waals surface area contributed by atoms with E-state index in [9.17, 15) is 33.1 Å². The first-order valence-corrected chi connectivity index (χ1v) is 30.8. The van der Waals surface area contributed by atoms with Gasteiger partial charge < -0.3 is 34.3 Å². The van der Waals surface area contributed by atoms with Gasteiger partial charge in [-0.1, -0.05) is 251 Å². The third kappa shape index (κ3) is 41.2. The zero-order valence-electron chi connectivity index (χ0n) is 45.1. The van der Waals surface area contributed by atoms with E-state index in [1.54, 1.807) is 0 Å². The Bertz CT molecular complexity index is 1270. The molecule has 416 valence electrons. The number of ether oxygens (including phenoxy) is 4. The largest absolute Gasteiger partial charge is 0.457 e. The Morgan fingerprint density at radius 1 is 0.529 bits per heavy atom. The Morgan fingerprint density at radius 2 is 0.900 bits per heavy atom. The van der Waals surface area contributed by atoms with Crippen LogP contribution in [-0.2, 0) is 38.3 Å². The fourth-order valence-electron chi connectivity index (χ4n) is 9.44. The number of carbonyl (C=O) groups is 1. The molecule has 0 spiro atoms. The standard InChI is InChI=1S/C57H110O12S/c1-3-5-7-9-11-13-15-17-19-21-23-25-26-27-28-30-32-34-36-38-40-42-44-46-53(59)67-51(50-66-57-55(61)56(69-70(62,63)64)54(60)52(48-58)68-57)49-65-47-45-43-41-39-37-35-33-31-29-24-22-20-18-16-14-12-10-8-6-4-2/h18,20,51-52,54-58,60-61H,3-17,19,21-50H2,1-2H3,(H,62,63,64)/b20-18-. The molecule has 6 atom stereocenters. The van der Waals surface area contributed by atoms with Crippen molar-refractivity contribution in [2.24, 2.45) is 0 Å². The van der Waals surface area contributed by atoms with Crippen molar-refractivity contribution >= 4 is 16.4 Å². The van der Waals surface area contributed by atoms with Crippen LogP contribution in [0.25, 0.3) is 0 Å². The fraction of sp³-hybridized carbons (Fsp3) is 0.947. The Morgan fingerprint density at radius 3 is 1.29 bits per heavy atom. The van der Waals surface area contributed by atoms with Crippen molar-refractivity contribution in [2.75, 3.05) is 26.4 Å². The molecule has 0 aromatic rings. The molecule has 1 fully saturated rings. The molecule has 13 heteroatoms. The van der Waals surface area contributed by atoms with Crippen LogP contribution < -0.4 is 0 Å². The Hall–Kier alpha value is -1.16. The molecule has 0 bridgehead atoms. The minimum atomic E-state index is -5.06. The van der Waals surface area contributed by atoms with Crippen molar-refractivity contribution < 1.29 is 56.2 Å². The van der Waals surface area contributed by atoms with E-state index in [4.69, 9.17) is 18.9 Å². The number of esters is 1. The Balaban J connectivity index is 2.27. The van der Waals surface area contributed by atoms with Crippen LogP contribution in [0.2, 0.25) is 0 Å². The first-order chi connectivity index (χ1) is 34.1. The van der Waals surface area contributed by atoms with Crippen molar-refractivity contribution in [3.63, 3.8) is 0 Å². The first kappa shape index (κ1) is 66.9. The molecule has 4 N–H and O–H groups in total. The molecule has 70 heavy (non-hydrogen) atoms. The van der Waals surface area contributed by atoms with Gasteiger partial charge in [0.05, 0.1) is 19.8 Å². The second-order valence-corrected chi connectivity index (χ2v) is 21.6. The second-order valence-electron chi connectivity index (χ2n) is 20.6. The summed E-state index contributed by atoms with van der Waals surface area (Å²) in [6, 6.07) is 0. The van der Waals surface area contributed by atoms with Gasteiger partial charge in [0.1, 0.15) is 30.5 Å². The van der Waals surface area contributed by atoms with Gasteiger partial charge in [-0.25, -0.2) is 4.18 Å². The molecule has 0 amide bonds. The Kier molecular flexibility index (Phi) is 46.6. The molecule has 0 aromatic heterocycles. The van der Waals surface area contributed by atoms with Crippen LogP contribution >= 0.6 is 0 Å². The number of allylic oxidation sites excluding steroid dienone is 2. The number of hydrogen-bond donors (Lipinski definition) is 4. The summed E-state index contributed by atoms with van der Waals surface area (Å²) in [6.45, 7) is 4.06. The maximum absolute atomic E-state index is 13.0. The molecule has 1 aliphatic heterocycles. The summed E-state index contributed by atoms with van der Waals surface area (Å²) in [4.78, 5) is 13.0. The maximum atomic E-state index is 13.0. The minimum Gasteiger partial charge on any atom is -0.457 e. The number of rotatable bonds is 53. The van der Waals surface area contributed by atoms with E-state index >= 15 is 0 Å². The van der Waals surface area contributed by atoms with Gasteiger partial charge >= 0.3 is 16.4 Å². The highest BCUT2D eigenvalue weighted by Gasteiger charge is 2.48. The van der Waals surface area contributed by atoms with Gasteiger partial charge in [-0.2, -0.15) is 8.42 Å². The molecule has 1 saturated heterocycles. The van der Waals surface area contributed by atoms with Crippen LogP contribution in [0, 0.1) is 0 Å². The van der Waals surface area contributed by atoms with Crippen LogP contribution in [0.1, 0.15) is 284 Å². The van der Waals surface area contributed by atoms with Crippen LogP contribution in [0.4, 0.5) is 0 Å². The van der Waals surface area contributed by atoms with Crippen LogP contribution in [0.5, 0.6) is 0 Å².